The summed E-state index contributed by atoms with van der Waals surface area (Å²) in [5.74, 6) is 2.53. The predicted molar refractivity (Wildman–Crippen MR) is 112 cm³/mol. The van der Waals surface area contributed by atoms with Crippen LogP contribution in [0.1, 0.15) is 48.1 Å². The topological polar surface area (TPSA) is 86.5 Å². The molecule has 0 spiro atoms. The number of amides is 1. The van der Waals surface area contributed by atoms with Crippen molar-refractivity contribution in [1.29, 1.82) is 0 Å². The van der Waals surface area contributed by atoms with E-state index < -0.39 is 0 Å². The Balaban J connectivity index is 1.52. The maximum atomic E-state index is 12.9. The van der Waals surface area contributed by atoms with Crippen molar-refractivity contribution >= 4 is 5.91 Å². The van der Waals surface area contributed by atoms with Crippen LogP contribution in [0.5, 0.6) is 11.5 Å². The number of rotatable bonds is 5. The van der Waals surface area contributed by atoms with Gasteiger partial charge in [0.05, 0.1) is 19.3 Å². The minimum atomic E-state index is -0.159. The molecular formula is C23H25N3O4. The second-order valence-corrected chi connectivity index (χ2v) is 7.68. The van der Waals surface area contributed by atoms with E-state index in [1.165, 1.54) is 0 Å². The predicted octanol–water partition coefficient (Wildman–Crippen LogP) is 4.33. The van der Waals surface area contributed by atoms with Crippen LogP contribution in [0.2, 0.25) is 0 Å². The van der Waals surface area contributed by atoms with E-state index in [4.69, 9.17) is 14.0 Å². The van der Waals surface area contributed by atoms with Gasteiger partial charge in [-0.25, -0.2) is 0 Å². The Kier molecular flexibility index (Phi) is 5.70. The number of hydrogen-bond donors (Lipinski definition) is 1. The van der Waals surface area contributed by atoms with Crippen molar-refractivity contribution in [1.82, 2.24) is 15.5 Å². The van der Waals surface area contributed by atoms with Gasteiger partial charge in [-0.1, -0.05) is 25.1 Å². The van der Waals surface area contributed by atoms with E-state index in [2.05, 4.69) is 29.3 Å². The summed E-state index contributed by atoms with van der Waals surface area (Å²) in [7, 11) is 0. The van der Waals surface area contributed by atoms with Crippen LogP contribution in [-0.4, -0.2) is 29.3 Å². The third kappa shape index (κ3) is 4.30. The van der Waals surface area contributed by atoms with E-state index in [0.29, 0.717) is 30.5 Å². The van der Waals surface area contributed by atoms with Gasteiger partial charge in [-0.3, -0.25) is 4.79 Å². The Labute approximate surface area is 175 Å². The zero-order chi connectivity index (χ0) is 21.1. The van der Waals surface area contributed by atoms with E-state index >= 15 is 0 Å². The lowest BCUT2D eigenvalue weighted by atomic mass is 9.95. The average molecular weight is 407 g/mol. The summed E-state index contributed by atoms with van der Waals surface area (Å²) in [6.45, 7) is 7.20. The summed E-state index contributed by atoms with van der Waals surface area (Å²) >= 11 is 0. The summed E-state index contributed by atoms with van der Waals surface area (Å²) in [4.78, 5) is 17.1. The number of ether oxygens (including phenoxy) is 2. The first-order valence-corrected chi connectivity index (χ1v) is 10.1. The number of aromatic nitrogens is 2. The zero-order valence-electron chi connectivity index (χ0n) is 17.3. The molecule has 1 amide bonds. The van der Waals surface area contributed by atoms with Crippen molar-refractivity contribution in [3.05, 3.63) is 59.4 Å². The van der Waals surface area contributed by atoms with Gasteiger partial charge >= 0.3 is 0 Å². The molecule has 1 aliphatic rings. The summed E-state index contributed by atoms with van der Waals surface area (Å²) in [6.07, 6.45) is 0.855. The van der Waals surface area contributed by atoms with E-state index in [1.54, 1.807) is 31.2 Å². The second-order valence-electron chi connectivity index (χ2n) is 7.68. The highest BCUT2D eigenvalue weighted by Gasteiger charge is 2.22. The van der Waals surface area contributed by atoms with Crippen LogP contribution in [0.15, 0.2) is 47.0 Å². The molecule has 7 nitrogen and oxygen atoms in total. The Bertz CT molecular complexity index is 1030. The maximum absolute atomic E-state index is 12.9. The van der Waals surface area contributed by atoms with Crippen LogP contribution < -0.4 is 14.8 Å². The van der Waals surface area contributed by atoms with E-state index in [9.17, 15) is 4.79 Å². The molecule has 0 bridgehead atoms. The highest BCUT2D eigenvalue weighted by atomic mass is 16.5. The molecule has 1 aliphatic heterocycles. The highest BCUT2D eigenvalue weighted by Crippen LogP contribution is 2.34. The van der Waals surface area contributed by atoms with Gasteiger partial charge in [0.25, 0.3) is 11.8 Å². The molecule has 1 N–H and O–H groups in total. The van der Waals surface area contributed by atoms with Crippen LogP contribution in [-0.2, 0) is 0 Å². The fourth-order valence-electron chi connectivity index (χ4n) is 3.41. The Morgan fingerprint density at radius 3 is 2.43 bits per heavy atom. The van der Waals surface area contributed by atoms with E-state index in [1.807, 2.05) is 18.2 Å². The monoisotopic (exact) mass is 407 g/mol. The smallest absolute Gasteiger partial charge is 0.257 e. The molecular weight excluding hydrogens is 382 g/mol. The van der Waals surface area contributed by atoms with E-state index in [-0.39, 0.29) is 17.9 Å². The van der Waals surface area contributed by atoms with Crippen molar-refractivity contribution in [2.24, 2.45) is 5.92 Å². The van der Waals surface area contributed by atoms with Crippen molar-refractivity contribution in [2.45, 2.75) is 33.2 Å². The molecule has 4 rings (SSSR count). The quantitative estimate of drug-likeness (QED) is 0.677. The molecule has 0 fully saturated rings. The fourth-order valence-corrected chi connectivity index (χ4v) is 3.41. The molecule has 2 heterocycles. The molecule has 1 unspecified atom stereocenters. The van der Waals surface area contributed by atoms with Gasteiger partial charge in [-0.15, -0.1) is 0 Å². The Morgan fingerprint density at radius 2 is 1.77 bits per heavy atom. The number of hydrogen-bond acceptors (Lipinski definition) is 6. The first-order chi connectivity index (χ1) is 14.5. The van der Waals surface area contributed by atoms with Gasteiger partial charge in [0.15, 0.2) is 17.3 Å². The lowest BCUT2D eigenvalue weighted by Gasteiger charge is -2.24. The first-order valence-electron chi connectivity index (χ1n) is 10.1. The number of carbonyl (C=O) groups is 1. The van der Waals surface area contributed by atoms with Crippen molar-refractivity contribution in [3.63, 3.8) is 0 Å². The summed E-state index contributed by atoms with van der Waals surface area (Å²) in [6, 6.07) is 12.8. The molecule has 0 aliphatic carbocycles. The molecule has 0 radical (unpaired) electrons. The molecule has 30 heavy (non-hydrogen) atoms. The lowest BCUT2D eigenvalue weighted by molar-refractivity contribution is 0.0925. The highest BCUT2D eigenvalue weighted by molar-refractivity contribution is 5.94. The third-order valence-corrected chi connectivity index (χ3v) is 5.01. The minimum absolute atomic E-state index is 0.144. The Hall–Kier alpha value is -3.35. The van der Waals surface area contributed by atoms with Crippen molar-refractivity contribution < 1.29 is 18.8 Å². The van der Waals surface area contributed by atoms with Crippen LogP contribution in [0.25, 0.3) is 11.5 Å². The normalized spacial score (nSPS) is 14.3. The van der Waals surface area contributed by atoms with Crippen molar-refractivity contribution in [2.75, 3.05) is 13.2 Å². The van der Waals surface area contributed by atoms with E-state index in [0.717, 1.165) is 29.0 Å². The zero-order valence-corrected chi connectivity index (χ0v) is 17.3. The molecule has 2 aromatic carbocycles. The van der Waals surface area contributed by atoms with Crippen LogP contribution in [0, 0.1) is 12.8 Å². The summed E-state index contributed by atoms with van der Waals surface area (Å²) < 4.78 is 16.7. The molecule has 1 atom stereocenters. The number of benzene rings is 2. The molecule has 0 saturated heterocycles. The van der Waals surface area contributed by atoms with Gasteiger partial charge in [-0.05, 0) is 54.8 Å². The van der Waals surface area contributed by atoms with Gasteiger partial charge < -0.3 is 19.3 Å². The summed E-state index contributed by atoms with van der Waals surface area (Å²) in [5.41, 5.74) is 2.32. The Morgan fingerprint density at radius 1 is 1.03 bits per heavy atom. The van der Waals surface area contributed by atoms with Gasteiger partial charge in [0.1, 0.15) is 0 Å². The lowest BCUT2D eigenvalue weighted by Crippen LogP contribution is -2.31. The number of aryl methyl sites for hydroxylation is 1. The first kappa shape index (κ1) is 19.9. The molecule has 1 aromatic heterocycles. The maximum Gasteiger partial charge on any atom is 0.257 e. The molecule has 3 aromatic rings. The van der Waals surface area contributed by atoms with Crippen LogP contribution in [0.3, 0.4) is 0 Å². The van der Waals surface area contributed by atoms with Gasteiger partial charge in [0.2, 0.25) is 0 Å². The molecule has 0 saturated carbocycles. The molecule has 7 heteroatoms. The summed E-state index contributed by atoms with van der Waals surface area (Å²) in [5, 5.41) is 6.94. The SMILES string of the molecule is Cc1noc(-c2ccc(C(=O)NC(c3ccc4c(c3)OCCCO4)C(C)C)cc2)n1. The fraction of sp³-hybridized carbons (Fsp3) is 0.348. The number of carbonyl (C=O) groups excluding carboxylic acids is 1. The third-order valence-electron chi connectivity index (χ3n) is 5.01. The van der Waals surface area contributed by atoms with Crippen molar-refractivity contribution in [3.8, 4) is 23.0 Å². The number of nitrogens with zero attached hydrogens (tertiary/aromatic N) is 2. The largest absolute Gasteiger partial charge is 0.490 e. The number of nitrogens with one attached hydrogen (secondary N) is 1. The van der Waals surface area contributed by atoms with Gasteiger partial charge in [-0.2, -0.15) is 4.98 Å². The van der Waals surface area contributed by atoms with Crippen LogP contribution in [0.4, 0.5) is 0 Å². The minimum Gasteiger partial charge on any atom is -0.490 e. The standard InChI is InChI=1S/C23H25N3O4/c1-14(2)21(18-9-10-19-20(13-18)29-12-4-11-28-19)25-22(27)16-5-7-17(8-6-16)23-24-15(3)26-30-23/h5-10,13-14,21H,4,11-12H2,1-3H3,(H,25,27). The second kappa shape index (κ2) is 8.57. The number of fused-ring (bicyclic) bond motifs is 1. The van der Waals surface area contributed by atoms with Crippen LogP contribution >= 0.6 is 0 Å². The molecule has 156 valence electrons. The van der Waals surface area contributed by atoms with Gasteiger partial charge in [0, 0.05) is 17.5 Å². The average Bonchev–Trinajstić information content (AvgIpc) is 3.04.